The Hall–Kier alpha value is -3.54. The van der Waals surface area contributed by atoms with E-state index in [1.165, 1.54) is 12.1 Å². The van der Waals surface area contributed by atoms with E-state index in [0.29, 0.717) is 5.56 Å². The maximum Gasteiger partial charge on any atom is 0.514 e. The normalized spacial score (nSPS) is 14.8. The van der Waals surface area contributed by atoms with Gasteiger partial charge in [-0.3, -0.25) is 4.79 Å². The van der Waals surface area contributed by atoms with Crippen molar-refractivity contribution >= 4 is 24.4 Å². The number of hydrogen-bond acceptors (Lipinski definition) is 12. The van der Waals surface area contributed by atoms with Crippen LogP contribution in [0.2, 0.25) is 0 Å². The fourth-order valence-corrected chi connectivity index (χ4v) is 2.75. The molecule has 2 N–H and O–H groups in total. The van der Waals surface area contributed by atoms with E-state index in [0.717, 1.165) is 0 Å². The summed E-state index contributed by atoms with van der Waals surface area (Å²) in [5.74, 6) is -0.863. The summed E-state index contributed by atoms with van der Waals surface area (Å²) in [5, 5.41) is 0. The van der Waals surface area contributed by atoms with Crippen molar-refractivity contribution < 1.29 is 52.3 Å². The minimum Gasteiger partial charge on any atom is -0.458 e. The van der Waals surface area contributed by atoms with Crippen LogP contribution in [0.3, 0.4) is 0 Å². The Morgan fingerprint density at radius 1 is 0.675 bits per heavy atom. The number of carbonyl (C=O) groups excluding carboxylic acids is 4. The smallest absolute Gasteiger partial charge is 0.458 e. The molecule has 0 aliphatic heterocycles. The quantitative estimate of drug-likeness (QED) is 0.189. The highest BCUT2D eigenvalue weighted by molar-refractivity contribution is 5.76. The lowest BCUT2D eigenvalue weighted by Gasteiger charge is -2.22. The molecule has 0 aliphatic rings. The van der Waals surface area contributed by atoms with Gasteiger partial charge in [0.15, 0.2) is 11.5 Å². The summed E-state index contributed by atoms with van der Waals surface area (Å²) in [6.07, 6.45) is -5.28. The van der Waals surface area contributed by atoms with Gasteiger partial charge in [-0.25, -0.2) is 14.4 Å². The van der Waals surface area contributed by atoms with E-state index in [4.69, 9.17) is 38.9 Å². The molecule has 0 aromatic heterocycles. The summed E-state index contributed by atoms with van der Waals surface area (Å²) >= 11 is 0. The number of carbonyl (C=O) groups is 4. The number of rotatable bonds is 13. The van der Waals surface area contributed by atoms with Crippen molar-refractivity contribution in [3.8, 4) is 11.5 Å². The van der Waals surface area contributed by atoms with Gasteiger partial charge in [0.2, 0.25) is 0 Å². The molecule has 0 fully saturated rings. The topological polar surface area (TPSA) is 159 Å². The van der Waals surface area contributed by atoms with Crippen LogP contribution in [0, 0.1) is 11.8 Å². The van der Waals surface area contributed by atoms with Gasteiger partial charge in [0.25, 0.3) is 0 Å². The molecule has 12 nitrogen and oxygen atoms in total. The van der Waals surface area contributed by atoms with E-state index in [-0.39, 0.29) is 36.4 Å². The molecular formula is C28H43NO11. The highest BCUT2D eigenvalue weighted by atomic mass is 16.8. The van der Waals surface area contributed by atoms with Crippen molar-refractivity contribution in [1.82, 2.24) is 0 Å². The molecule has 5 atom stereocenters. The van der Waals surface area contributed by atoms with E-state index in [1.54, 1.807) is 40.7 Å². The highest BCUT2D eigenvalue weighted by Gasteiger charge is 2.26. The Bertz CT molecular complexity index is 994. The average molecular weight is 570 g/mol. The van der Waals surface area contributed by atoms with Crippen molar-refractivity contribution in [2.24, 2.45) is 17.6 Å². The van der Waals surface area contributed by atoms with Crippen LogP contribution in [0.15, 0.2) is 18.2 Å². The van der Waals surface area contributed by atoms with Crippen molar-refractivity contribution in [3.05, 3.63) is 23.8 Å². The van der Waals surface area contributed by atoms with E-state index in [1.807, 2.05) is 27.7 Å². The lowest BCUT2D eigenvalue weighted by molar-refractivity contribution is -0.155. The lowest BCUT2D eigenvalue weighted by Crippen LogP contribution is -2.39. The molecule has 0 aliphatic carbocycles. The van der Waals surface area contributed by atoms with Crippen LogP contribution in [0.4, 0.5) is 14.4 Å². The summed E-state index contributed by atoms with van der Waals surface area (Å²) in [6.45, 7) is 15.9. The maximum atomic E-state index is 12.6. The monoisotopic (exact) mass is 569 g/mol. The summed E-state index contributed by atoms with van der Waals surface area (Å²) in [4.78, 5) is 48.8. The Morgan fingerprint density at radius 3 is 1.65 bits per heavy atom. The first-order valence-electron chi connectivity index (χ1n) is 13.3. The molecule has 226 valence electrons. The fourth-order valence-electron chi connectivity index (χ4n) is 2.75. The molecule has 0 spiro atoms. The molecule has 0 amide bonds. The van der Waals surface area contributed by atoms with Crippen LogP contribution in [-0.4, -0.2) is 61.5 Å². The van der Waals surface area contributed by atoms with Gasteiger partial charge in [0, 0.05) is 0 Å². The van der Waals surface area contributed by atoms with Crippen molar-refractivity contribution in [3.63, 3.8) is 0 Å². The molecule has 1 rings (SSSR count). The van der Waals surface area contributed by atoms with Crippen LogP contribution in [0.25, 0.3) is 0 Å². The summed E-state index contributed by atoms with van der Waals surface area (Å²) in [5.41, 5.74) is 6.53. The third kappa shape index (κ3) is 12.1. The van der Waals surface area contributed by atoms with Crippen molar-refractivity contribution in [2.75, 3.05) is 6.61 Å². The first kappa shape index (κ1) is 34.5. The Morgan fingerprint density at radius 2 is 1.15 bits per heavy atom. The van der Waals surface area contributed by atoms with Gasteiger partial charge < -0.3 is 38.9 Å². The Kier molecular flexibility index (Phi) is 14.3. The zero-order valence-electron chi connectivity index (χ0n) is 24.8. The molecule has 0 heterocycles. The number of hydrogen-bond donors (Lipinski definition) is 1. The molecule has 1 aromatic carbocycles. The molecule has 3 unspecified atom stereocenters. The van der Waals surface area contributed by atoms with Crippen LogP contribution in [0.1, 0.15) is 67.9 Å². The maximum absolute atomic E-state index is 12.6. The predicted molar refractivity (Wildman–Crippen MR) is 144 cm³/mol. The zero-order chi connectivity index (χ0) is 30.6. The molecule has 0 bridgehead atoms. The second-order valence-corrected chi connectivity index (χ2v) is 10.1. The van der Waals surface area contributed by atoms with Gasteiger partial charge in [-0.2, -0.15) is 0 Å². The number of ether oxygens (including phenoxy) is 7. The molecule has 12 heteroatoms. The standard InChI is InChI=1S/C28H43NO11/c1-10-34-26(31)38-20(9)19(8)35-25(30)22(29)13-21-11-12-23(39-27(32)36-17(6)15(2)3)24(14-21)40-28(33)37-18(7)16(4)5/h11-12,14-20,22H,10,13,29H2,1-9H3/t17-,18?,19?,20?,22-/m0/s1. The number of esters is 1. The number of benzene rings is 1. The molecule has 0 saturated heterocycles. The molecule has 0 radical (unpaired) electrons. The predicted octanol–water partition coefficient (Wildman–Crippen LogP) is 5.17. The van der Waals surface area contributed by atoms with E-state index in [9.17, 15) is 19.2 Å². The SMILES string of the molecule is CCOC(=O)OC(C)C(C)OC(=O)[C@@H](N)Cc1ccc(OC(=O)O[C@@H](C)C(C)C)c(OC(=O)OC(C)C(C)C)c1. The van der Waals surface area contributed by atoms with Crippen molar-refractivity contribution in [1.29, 1.82) is 0 Å². The molecular weight excluding hydrogens is 526 g/mol. The Balaban J connectivity index is 3.01. The lowest BCUT2D eigenvalue weighted by atomic mass is 10.1. The molecule has 1 aromatic rings. The van der Waals surface area contributed by atoms with Crippen LogP contribution in [-0.2, 0) is 34.9 Å². The third-order valence-electron chi connectivity index (χ3n) is 6.10. The summed E-state index contributed by atoms with van der Waals surface area (Å²) in [6, 6.07) is 3.23. The van der Waals surface area contributed by atoms with Gasteiger partial charge in [-0.05, 0) is 70.6 Å². The summed E-state index contributed by atoms with van der Waals surface area (Å²) < 4.78 is 36.2. The van der Waals surface area contributed by atoms with Crippen LogP contribution in [0.5, 0.6) is 11.5 Å². The minimum absolute atomic E-state index is 0.0123. The molecule has 0 saturated carbocycles. The van der Waals surface area contributed by atoms with Crippen LogP contribution < -0.4 is 15.2 Å². The number of nitrogens with two attached hydrogens (primary N) is 1. The van der Waals surface area contributed by atoms with Gasteiger partial charge >= 0.3 is 24.4 Å². The Labute approximate surface area is 235 Å². The first-order valence-corrected chi connectivity index (χ1v) is 13.3. The van der Waals surface area contributed by atoms with E-state index < -0.39 is 54.9 Å². The van der Waals surface area contributed by atoms with Gasteiger partial charge in [-0.1, -0.05) is 33.8 Å². The van der Waals surface area contributed by atoms with E-state index >= 15 is 0 Å². The molecule has 40 heavy (non-hydrogen) atoms. The second-order valence-electron chi connectivity index (χ2n) is 10.1. The van der Waals surface area contributed by atoms with Crippen molar-refractivity contribution in [2.45, 2.75) is 99.2 Å². The van der Waals surface area contributed by atoms with Gasteiger partial charge in [-0.15, -0.1) is 0 Å². The largest absolute Gasteiger partial charge is 0.514 e. The second kappa shape index (κ2) is 16.5. The third-order valence-corrected chi connectivity index (χ3v) is 6.10. The van der Waals surface area contributed by atoms with Gasteiger partial charge in [0.1, 0.15) is 30.5 Å². The van der Waals surface area contributed by atoms with E-state index in [2.05, 4.69) is 0 Å². The fraction of sp³-hybridized carbons (Fsp3) is 0.643. The minimum atomic E-state index is -1.11. The first-order chi connectivity index (χ1) is 18.6. The average Bonchev–Trinajstić information content (AvgIpc) is 2.85. The van der Waals surface area contributed by atoms with Gasteiger partial charge in [0.05, 0.1) is 6.61 Å². The highest BCUT2D eigenvalue weighted by Crippen LogP contribution is 2.30. The van der Waals surface area contributed by atoms with Crippen LogP contribution >= 0.6 is 0 Å². The zero-order valence-corrected chi connectivity index (χ0v) is 24.8. The summed E-state index contributed by atoms with van der Waals surface area (Å²) in [7, 11) is 0.